The maximum absolute atomic E-state index is 10.4. The summed E-state index contributed by atoms with van der Waals surface area (Å²) in [6.07, 6.45) is -0.105. The Morgan fingerprint density at radius 2 is 2.20 bits per heavy atom. The van der Waals surface area contributed by atoms with Crippen LogP contribution in [-0.2, 0) is 11.2 Å². The summed E-state index contributed by atoms with van der Waals surface area (Å²) in [5, 5.41) is 17.2. The van der Waals surface area contributed by atoms with Gasteiger partial charge in [0.2, 0.25) is 0 Å². The molecule has 80 valence electrons. The van der Waals surface area contributed by atoms with E-state index in [-0.39, 0.29) is 18.8 Å². The maximum atomic E-state index is 10.4. The van der Waals surface area contributed by atoms with E-state index < -0.39 is 5.97 Å². The van der Waals surface area contributed by atoms with E-state index in [2.05, 4.69) is 0 Å². The molecule has 0 aliphatic rings. The highest BCUT2D eigenvalue weighted by molar-refractivity contribution is 5.85. The zero-order valence-electron chi connectivity index (χ0n) is 8.06. The van der Waals surface area contributed by atoms with E-state index in [1.54, 1.807) is 12.1 Å². The van der Waals surface area contributed by atoms with Gasteiger partial charge in [-0.15, -0.1) is 12.4 Å². The number of hydrogen-bond donors (Lipinski definition) is 1. The van der Waals surface area contributed by atoms with Gasteiger partial charge in [-0.3, -0.25) is 4.79 Å². The lowest BCUT2D eigenvalue weighted by Gasteiger charge is -2.03. The molecule has 0 aromatic heterocycles. The van der Waals surface area contributed by atoms with Crippen molar-refractivity contribution in [2.75, 3.05) is 7.11 Å². The quantitative estimate of drug-likeness (QED) is 0.852. The van der Waals surface area contributed by atoms with Crippen LogP contribution in [0.1, 0.15) is 11.1 Å². The van der Waals surface area contributed by atoms with Crippen molar-refractivity contribution in [1.29, 1.82) is 5.26 Å². The second kappa shape index (κ2) is 5.89. The number of aliphatic carboxylic acids is 1. The number of methoxy groups -OCH3 is 1. The van der Waals surface area contributed by atoms with Crippen molar-refractivity contribution in [3.8, 4) is 11.8 Å². The molecule has 0 bridgehead atoms. The minimum Gasteiger partial charge on any atom is -0.497 e. The van der Waals surface area contributed by atoms with Crippen LogP contribution in [0.2, 0.25) is 0 Å². The number of nitrogens with zero attached hydrogens (tertiary/aromatic N) is 1. The highest BCUT2D eigenvalue weighted by atomic mass is 35.5. The average Bonchev–Trinajstić information content (AvgIpc) is 2.16. The van der Waals surface area contributed by atoms with Gasteiger partial charge in [-0.05, 0) is 23.8 Å². The summed E-state index contributed by atoms with van der Waals surface area (Å²) >= 11 is 0. The second-order valence-corrected chi connectivity index (χ2v) is 2.75. The fourth-order valence-electron chi connectivity index (χ4n) is 1.12. The molecular weight excluding hydrogens is 218 g/mol. The fourth-order valence-corrected chi connectivity index (χ4v) is 1.12. The smallest absolute Gasteiger partial charge is 0.307 e. The lowest BCUT2D eigenvalue weighted by atomic mass is 10.1. The lowest BCUT2D eigenvalue weighted by molar-refractivity contribution is -0.136. The van der Waals surface area contributed by atoms with E-state index in [4.69, 9.17) is 15.1 Å². The summed E-state index contributed by atoms with van der Waals surface area (Å²) in [5.74, 6) is -0.428. The highest BCUT2D eigenvalue weighted by Crippen LogP contribution is 2.16. The molecule has 1 aromatic carbocycles. The highest BCUT2D eigenvalue weighted by Gasteiger charge is 2.04. The van der Waals surface area contributed by atoms with Gasteiger partial charge >= 0.3 is 5.97 Å². The summed E-state index contributed by atoms with van der Waals surface area (Å²) in [6, 6.07) is 6.65. The van der Waals surface area contributed by atoms with E-state index in [1.165, 1.54) is 13.2 Å². The number of carbonyl (C=O) groups is 1. The number of hydrogen-bond acceptors (Lipinski definition) is 3. The summed E-state index contributed by atoms with van der Waals surface area (Å²) in [7, 11) is 1.47. The van der Waals surface area contributed by atoms with Crippen LogP contribution in [0.15, 0.2) is 18.2 Å². The summed E-state index contributed by atoms with van der Waals surface area (Å²) in [5.41, 5.74) is 0.967. The Morgan fingerprint density at radius 1 is 1.53 bits per heavy atom. The zero-order valence-corrected chi connectivity index (χ0v) is 8.87. The predicted octanol–water partition coefficient (Wildman–Crippen LogP) is 1.62. The Morgan fingerprint density at radius 3 is 2.67 bits per heavy atom. The molecule has 1 rings (SSSR count). The summed E-state index contributed by atoms with van der Waals surface area (Å²) < 4.78 is 4.93. The summed E-state index contributed by atoms with van der Waals surface area (Å²) in [4.78, 5) is 10.4. The Kier molecular flexibility index (Phi) is 5.21. The SMILES string of the molecule is COc1cc(C#N)cc(CC(=O)O)c1.Cl. The first-order valence-corrected chi connectivity index (χ1v) is 3.95. The van der Waals surface area contributed by atoms with E-state index in [0.717, 1.165) is 0 Å². The van der Waals surface area contributed by atoms with Crippen molar-refractivity contribution in [1.82, 2.24) is 0 Å². The van der Waals surface area contributed by atoms with Crippen LogP contribution >= 0.6 is 12.4 Å². The Bertz CT molecular complexity index is 398. The van der Waals surface area contributed by atoms with Gasteiger partial charge in [0.05, 0.1) is 25.2 Å². The molecule has 0 spiro atoms. The largest absolute Gasteiger partial charge is 0.497 e. The van der Waals surface area contributed by atoms with Crippen molar-refractivity contribution in [3.63, 3.8) is 0 Å². The molecule has 0 fully saturated rings. The Labute approximate surface area is 93.5 Å². The van der Waals surface area contributed by atoms with Gasteiger partial charge in [-0.1, -0.05) is 0 Å². The van der Waals surface area contributed by atoms with Crippen molar-refractivity contribution < 1.29 is 14.6 Å². The predicted molar refractivity (Wildman–Crippen MR) is 56.3 cm³/mol. The van der Waals surface area contributed by atoms with E-state index >= 15 is 0 Å². The third kappa shape index (κ3) is 3.88. The lowest BCUT2D eigenvalue weighted by Crippen LogP contribution is -2.00. The van der Waals surface area contributed by atoms with Crippen LogP contribution in [0, 0.1) is 11.3 Å². The number of benzene rings is 1. The van der Waals surface area contributed by atoms with Crippen LogP contribution in [0.5, 0.6) is 5.75 Å². The molecule has 4 nitrogen and oxygen atoms in total. The summed E-state index contributed by atoms with van der Waals surface area (Å²) in [6.45, 7) is 0. The minimum atomic E-state index is -0.929. The van der Waals surface area contributed by atoms with Gasteiger partial charge in [0.1, 0.15) is 5.75 Å². The molecule has 15 heavy (non-hydrogen) atoms. The van der Waals surface area contributed by atoms with E-state index in [9.17, 15) is 4.79 Å². The third-order valence-electron chi connectivity index (χ3n) is 1.69. The Balaban J connectivity index is 0.00000196. The molecule has 0 amide bonds. The maximum Gasteiger partial charge on any atom is 0.307 e. The van der Waals surface area contributed by atoms with Crippen LogP contribution in [0.4, 0.5) is 0 Å². The van der Waals surface area contributed by atoms with Gasteiger partial charge in [-0.25, -0.2) is 0 Å². The molecule has 0 saturated carbocycles. The van der Waals surface area contributed by atoms with Crippen molar-refractivity contribution in [3.05, 3.63) is 29.3 Å². The molecule has 0 aliphatic carbocycles. The molecule has 5 heteroatoms. The number of ether oxygens (including phenoxy) is 1. The molecular formula is C10H10ClNO3. The Hall–Kier alpha value is -1.73. The van der Waals surface area contributed by atoms with Crippen LogP contribution in [-0.4, -0.2) is 18.2 Å². The number of carboxylic acid groups (broad SMARTS) is 1. The number of halogens is 1. The molecule has 0 unspecified atom stereocenters. The molecule has 0 radical (unpaired) electrons. The third-order valence-corrected chi connectivity index (χ3v) is 1.69. The van der Waals surface area contributed by atoms with Gasteiger partial charge in [0.25, 0.3) is 0 Å². The first-order valence-electron chi connectivity index (χ1n) is 3.95. The normalized spacial score (nSPS) is 8.53. The molecule has 0 atom stereocenters. The van der Waals surface area contributed by atoms with Crippen LogP contribution < -0.4 is 4.74 Å². The van der Waals surface area contributed by atoms with Crippen LogP contribution in [0.25, 0.3) is 0 Å². The first-order chi connectivity index (χ1) is 6.65. The number of rotatable bonds is 3. The second-order valence-electron chi connectivity index (χ2n) is 2.75. The molecule has 1 aromatic rings. The molecule has 0 heterocycles. The van der Waals surface area contributed by atoms with Gasteiger partial charge in [0.15, 0.2) is 0 Å². The first kappa shape index (κ1) is 13.3. The van der Waals surface area contributed by atoms with E-state index in [1.807, 2.05) is 6.07 Å². The fraction of sp³-hybridized carbons (Fsp3) is 0.200. The minimum absolute atomic E-state index is 0. The van der Waals surface area contributed by atoms with Crippen molar-refractivity contribution in [2.45, 2.75) is 6.42 Å². The molecule has 0 saturated heterocycles. The van der Waals surface area contributed by atoms with Crippen LogP contribution in [0.3, 0.4) is 0 Å². The zero-order chi connectivity index (χ0) is 10.6. The average molecular weight is 228 g/mol. The van der Waals surface area contributed by atoms with Gasteiger partial charge < -0.3 is 9.84 Å². The monoisotopic (exact) mass is 227 g/mol. The number of nitriles is 1. The van der Waals surface area contributed by atoms with E-state index in [0.29, 0.717) is 16.9 Å². The number of carboxylic acids is 1. The van der Waals surface area contributed by atoms with Crippen molar-refractivity contribution >= 4 is 18.4 Å². The molecule has 0 aliphatic heterocycles. The topological polar surface area (TPSA) is 70.3 Å². The van der Waals surface area contributed by atoms with Gasteiger partial charge in [-0.2, -0.15) is 5.26 Å². The molecule has 1 N–H and O–H groups in total. The van der Waals surface area contributed by atoms with Crippen molar-refractivity contribution in [2.24, 2.45) is 0 Å². The van der Waals surface area contributed by atoms with Gasteiger partial charge in [0, 0.05) is 0 Å². The standard InChI is InChI=1S/C10H9NO3.ClH/c1-14-9-3-7(5-10(12)13)2-8(4-9)6-11;/h2-4H,5H2,1H3,(H,12,13);1H.